The molecule has 0 aliphatic heterocycles. The molecule has 1 unspecified atom stereocenters. The van der Waals surface area contributed by atoms with E-state index in [4.69, 9.17) is 5.73 Å². The number of carboxylic acids is 1. The lowest BCUT2D eigenvalue weighted by Gasteiger charge is -2.11. The third-order valence-corrected chi connectivity index (χ3v) is 4.39. The Bertz CT molecular complexity index is 705. The van der Waals surface area contributed by atoms with Gasteiger partial charge in [0.15, 0.2) is 5.78 Å². The molecule has 1 atom stereocenters. The minimum Gasteiger partial charge on any atom is -0.481 e. The van der Waals surface area contributed by atoms with Gasteiger partial charge in [-0.2, -0.15) is 0 Å². The zero-order chi connectivity index (χ0) is 18.2. The van der Waals surface area contributed by atoms with Gasteiger partial charge in [0.25, 0.3) is 0 Å². The Morgan fingerprint density at radius 1 is 0.960 bits per heavy atom. The first-order valence-electron chi connectivity index (χ1n) is 8.73. The van der Waals surface area contributed by atoms with Gasteiger partial charge in [0.2, 0.25) is 0 Å². The van der Waals surface area contributed by atoms with Crippen LogP contribution in [0, 0.1) is 5.92 Å². The molecule has 0 saturated heterocycles. The van der Waals surface area contributed by atoms with Crippen molar-refractivity contribution >= 4 is 17.4 Å². The summed E-state index contributed by atoms with van der Waals surface area (Å²) in [6, 6.07) is 14.8. The number of benzene rings is 2. The molecule has 0 heterocycles. The van der Waals surface area contributed by atoms with Crippen molar-refractivity contribution in [1.82, 2.24) is 0 Å². The molecule has 2 rings (SSSR count). The molecule has 0 aliphatic carbocycles. The van der Waals surface area contributed by atoms with Crippen molar-refractivity contribution in [1.29, 1.82) is 0 Å². The molecule has 2 aromatic rings. The number of anilines is 1. The third-order valence-electron chi connectivity index (χ3n) is 4.39. The van der Waals surface area contributed by atoms with Gasteiger partial charge < -0.3 is 10.8 Å². The molecule has 0 fully saturated rings. The monoisotopic (exact) mass is 339 g/mol. The largest absolute Gasteiger partial charge is 0.481 e. The number of carbonyl (C=O) groups is 2. The molecule has 0 spiro atoms. The SMILES string of the molecule is CCCCCC(CC(=O)c1ccc(-c2ccc(N)cc2)cc1)C(=O)O. The molecule has 25 heavy (non-hydrogen) atoms. The Hall–Kier alpha value is -2.62. The molecule has 0 radical (unpaired) electrons. The number of rotatable bonds is 9. The van der Waals surface area contributed by atoms with Crippen LogP contribution in [0.3, 0.4) is 0 Å². The van der Waals surface area contributed by atoms with E-state index in [1.807, 2.05) is 36.4 Å². The summed E-state index contributed by atoms with van der Waals surface area (Å²) in [6.45, 7) is 2.07. The van der Waals surface area contributed by atoms with E-state index < -0.39 is 11.9 Å². The van der Waals surface area contributed by atoms with Crippen LogP contribution in [-0.4, -0.2) is 16.9 Å². The van der Waals surface area contributed by atoms with Crippen LogP contribution in [0.15, 0.2) is 48.5 Å². The van der Waals surface area contributed by atoms with Gasteiger partial charge in [-0.25, -0.2) is 0 Å². The van der Waals surface area contributed by atoms with E-state index in [-0.39, 0.29) is 12.2 Å². The molecule has 4 nitrogen and oxygen atoms in total. The number of hydrogen-bond donors (Lipinski definition) is 2. The lowest BCUT2D eigenvalue weighted by molar-refractivity contribution is -0.141. The average Bonchev–Trinajstić information content (AvgIpc) is 2.61. The van der Waals surface area contributed by atoms with Crippen molar-refractivity contribution in [3.8, 4) is 11.1 Å². The lowest BCUT2D eigenvalue weighted by Crippen LogP contribution is -2.18. The maximum atomic E-state index is 12.4. The number of carboxylic acid groups (broad SMARTS) is 1. The Kier molecular flexibility index (Phi) is 6.75. The van der Waals surface area contributed by atoms with Crippen molar-refractivity contribution < 1.29 is 14.7 Å². The molecule has 0 aromatic heterocycles. The van der Waals surface area contributed by atoms with Gasteiger partial charge in [0.05, 0.1) is 5.92 Å². The Balaban J connectivity index is 2.03. The van der Waals surface area contributed by atoms with Gasteiger partial charge in [0, 0.05) is 17.7 Å². The fraction of sp³-hybridized carbons (Fsp3) is 0.333. The van der Waals surface area contributed by atoms with Gasteiger partial charge in [0.1, 0.15) is 0 Å². The minimum atomic E-state index is -0.886. The normalized spacial score (nSPS) is 11.9. The Morgan fingerprint density at radius 3 is 2.04 bits per heavy atom. The van der Waals surface area contributed by atoms with E-state index in [2.05, 4.69) is 6.92 Å². The van der Waals surface area contributed by atoms with Crippen molar-refractivity contribution in [3.05, 3.63) is 54.1 Å². The van der Waals surface area contributed by atoms with Crippen LogP contribution in [0.25, 0.3) is 11.1 Å². The standard InChI is InChI=1S/C21H25NO3/c1-2-3-4-5-18(21(24)25)14-20(23)17-8-6-15(7-9-17)16-10-12-19(22)13-11-16/h6-13,18H,2-5,14,22H2,1H3,(H,24,25). The number of nitrogen functional groups attached to an aromatic ring is 1. The second kappa shape index (κ2) is 9.02. The van der Waals surface area contributed by atoms with Gasteiger partial charge in [-0.3, -0.25) is 9.59 Å². The van der Waals surface area contributed by atoms with Gasteiger partial charge in [-0.15, -0.1) is 0 Å². The summed E-state index contributed by atoms with van der Waals surface area (Å²) in [5.41, 5.74) is 8.97. The maximum Gasteiger partial charge on any atom is 0.306 e. The third kappa shape index (κ3) is 5.45. The molecule has 0 bridgehead atoms. The van der Waals surface area contributed by atoms with Crippen LogP contribution in [0.4, 0.5) is 5.69 Å². The molecule has 2 aromatic carbocycles. The minimum absolute atomic E-state index is 0.0558. The predicted molar refractivity (Wildman–Crippen MR) is 101 cm³/mol. The Morgan fingerprint density at radius 2 is 1.52 bits per heavy atom. The van der Waals surface area contributed by atoms with Crippen molar-refractivity contribution in [2.45, 2.75) is 39.0 Å². The molecule has 132 valence electrons. The second-order valence-corrected chi connectivity index (χ2v) is 6.36. The van der Waals surface area contributed by atoms with Crippen LogP contribution >= 0.6 is 0 Å². The predicted octanol–water partition coefficient (Wildman–Crippen LogP) is 4.79. The summed E-state index contributed by atoms with van der Waals surface area (Å²) in [5.74, 6) is -1.61. The zero-order valence-corrected chi connectivity index (χ0v) is 14.6. The summed E-state index contributed by atoms with van der Waals surface area (Å²) < 4.78 is 0. The number of carbonyl (C=O) groups excluding carboxylic acids is 1. The van der Waals surface area contributed by atoms with Crippen molar-refractivity contribution in [2.24, 2.45) is 5.92 Å². The first-order chi connectivity index (χ1) is 12.0. The second-order valence-electron chi connectivity index (χ2n) is 6.36. The zero-order valence-electron chi connectivity index (χ0n) is 14.6. The van der Waals surface area contributed by atoms with E-state index in [1.54, 1.807) is 12.1 Å². The first kappa shape index (κ1) is 18.7. The number of nitrogens with two attached hydrogens (primary N) is 1. The fourth-order valence-corrected chi connectivity index (χ4v) is 2.82. The number of aliphatic carboxylic acids is 1. The highest BCUT2D eigenvalue weighted by Crippen LogP contribution is 2.23. The first-order valence-corrected chi connectivity index (χ1v) is 8.73. The maximum absolute atomic E-state index is 12.4. The van der Waals surface area contributed by atoms with E-state index in [9.17, 15) is 14.7 Å². The number of unbranched alkanes of at least 4 members (excludes halogenated alkanes) is 2. The number of ketones is 1. The molecular formula is C21H25NO3. The number of hydrogen-bond acceptors (Lipinski definition) is 3. The molecular weight excluding hydrogens is 314 g/mol. The smallest absolute Gasteiger partial charge is 0.306 e. The summed E-state index contributed by atoms with van der Waals surface area (Å²) >= 11 is 0. The van der Waals surface area contributed by atoms with Crippen molar-refractivity contribution in [3.63, 3.8) is 0 Å². The fourth-order valence-electron chi connectivity index (χ4n) is 2.82. The summed E-state index contributed by atoms with van der Waals surface area (Å²) in [6.07, 6.45) is 3.48. The summed E-state index contributed by atoms with van der Waals surface area (Å²) in [4.78, 5) is 23.8. The summed E-state index contributed by atoms with van der Waals surface area (Å²) in [5, 5.41) is 9.32. The van der Waals surface area contributed by atoms with Crippen LogP contribution in [-0.2, 0) is 4.79 Å². The molecule has 0 amide bonds. The Labute approximate surface area is 148 Å². The van der Waals surface area contributed by atoms with Gasteiger partial charge in [-0.05, 0) is 29.7 Å². The summed E-state index contributed by atoms with van der Waals surface area (Å²) in [7, 11) is 0. The van der Waals surface area contributed by atoms with Crippen LogP contribution in [0.5, 0.6) is 0 Å². The van der Waals surface area contributed by atoms with Crippen LogP contribution in [0.2, 0.25) is 0 Å². The molecule has 0 saturated carbocycles. The van der Waals surface area contributed by atoms with Gasteiger partial charge >= 0.3 is 5.97 Å². The van der Waals surface area contributed by atoms with E-state index in [0.717, 1.165) is 30.4 Å². The van der Waals surface area contributed by atoms with Crippen LogP contribution < -0.4 is 5.73 Å². The molecule has 3 N–H and O–H groups in total. The highest BCUT2D eigenvalue weighted by atomic mass is 16.4. The highest BCUT2D eigenvalue weighted by Gasteiger charge is 2.21. The molecule has 0 aliphatic rings. The number of Topliss-reactive ketones (excluding diaryl/α,β-unsaturated/α-hetero) is 1. The lowest BCUT2D eigenvalue weighted by atomic mass is 9.92. The van der Waals surface area contributed by atoms with Crippen molar-refractivity contribution in [2.75, 3.05) is 5.73 Å². The average molecular weight is 339 g/mol. The van der Waals surface area contributed by atoms with E-state index in [1.165, 1.54) is 0 Å². The molecule has 4 heteroatoms. The van der Waals surface area contributed by atoms with Gasteiger partial charge in [-0.1, -0.05) is 62.6 Å². The quantitative estimate of drug-likeness (QED) is 0.391. The van der Waals surface area contributed by atoms with E-state index in [0.29, 0.717) is 17.7 Å². The van der Waals surface area contributed by atoms with Crippen LogP contribution in [0.1, 0.15) is 49.4 Å². The van der Waals surface area contributed by atoms with E-state index >= 15 is 0 Å². The topological polar surface area (TPSA) is 80.4 Å². The highest BCUT2D eigenvalue weighted by molar-refractivity contribution is 5.98.